The van der Waals surface area contributed by atoms with E-state index in [2.05, 4.69) is 5.10 Å². The molecule has 2 N–H and O–H groups in total. The number of fused-ring (bicyclic) bond motifs is 2. The van der Waals surface area contributed by atoms with Crippen LogP contribution in [0.2, 0.25) is 5.02 Å². The van der Waals surface area contributed by atoms with E-state index < -0.39 is 17.7 Å². The summed E-state index contributed by atoms with van der Waals surface area (Å²) in [5.74, 6) is -0.763. The minimum absolute atomic E-state index is 0.168. The van der Waals surface area contributed by atoms with Crippen LogP contribution >= 0.6 is 11.6 Å². The van der Waals surface area contributed by atoms with Gasteiger partial charge in [0, 0.05) is 54.8 Å². The zero-order valence-electron chi connectivity index (χ0n) is 31.0. The maximum atomic E-state index is 13.9. The monoisotopic (exact) mass is 734 g/mol. The van der Waals surface area contributed by atoms with Crippen molar-refractivity contribution in [3.63, 3.8) is 0 Å². The second kappa shape index (κ2) is 16.0. The van der Waals surface area contributed by atoms with Crippen LogP contribution in [0.15, 0.2) is 42.5 Å². The van der Waals surface area contributed by atoms with E-state index >= 15 is 0 Å². The van der Waals surface area contributed by atoms with E-state index in [0.29, 0.717) is 90.5 Å². The van der Waals surface area contributed by atoms with Gasteiger partial charge in [-0.15, -0.1) is 0 Å². The smallest absolute Gasteiger partial charge is 0.410 e. The number of aliphatic hydroxyl groups is 1. The van der Waals surface area contributed by atoms with Crippen molar-refractivity contribution < 1.29 is 33.7 Å². The molecule has 10 nitrogen and oxygen atoms in total. The maximum Gasteiger partial charge on any atom is 0.410 e. The van der Waals surface area contributed by atoms with Crippen LogP contribution in [0.4, 0.5) is 9.18 Å². The Hall–Kier alpha value is -4.61. The molecule has 5 aromatic rings. The quantitative estimate of drug-likeness (QED) is 0.110. The number of carboxylic acid groups (broad SMARTS) is 1. The molecule has 278 valence electrons. The topological polar surface area (TPSA) is 119 Å². The molecule has 0 saturated carbocycles. The average Bonchev–Trinajstić information content (AvgIpc) is 3.56. The minimum atomic E-state index is -1.07. The van der Waals surface area contributed by atoms with Crippen molar-refractivity contribution in [2.45, 2.75) is 85.5 Å². The van der Waals surface area contributed by atoms with Crippen molar-refractivity contribution in [3.05, 3.63) is 81.5 Å². The molecule has 0 aliphatic rings. The van der Waals surface area contributed by atoms with Crippen LogP contribution in [-0.4, -0.2) is 67.3 Å². The summed E-state index contributed by atoms with van der Waals surface area (Å²) in [7, 11) is 3.48. The molecule has 0 radical (unpaired) electrons. The molecule has 0 aliphatic heterocycles. The molecule has 0 aliphatic carbocycles. The number of aryl methyl sites for hydroxylation is 4. The van der Waals surface area contributed by atoms with Gasteiger partial charge in [0.2, 0.25) is 0 Å². The van der Waals surface area contributed by atoms with Gasteiger partial charge in [-0.3, -0.25) is 4.68 Å². The Morgan fingerprint density at radius 1 is 1.08 bits per heavy atom. The van der Waals surface area contributed by atoms with Crippen LogP contribution in [-0.2, 0) is 37.8 Å². The molecule has 5 rings (SSSR count). The lowest BCUT2D eigenvalue weighted by Gasteiger charge is -2.24. The number of hydrogen-bond donors (Lipinski definition) is 2. The fourth-order valence-corrected chi connectivity index (χ4v) is 7.18. The Morgan fingerprint density at radius 2 is 1.83 bits per heavy atom. The Balaban J connectivity index is 1.56. The molecule has 52 heavy (non-hydrogen) atoms. The first-order valence-electron chi connectivity index (χ1n) is 17.6. The number of ether oxygens (including phenoxy) is 2. The van der Waals surface area contributed by atoms with E-state index in [-0.39, 0.29) is 18.1 Å². The lowest BCUT2D eigenvalue weighted by atomic mass is 9.93. The number of carboxylic acids is 1. The summed E-state index contributed by atoms with van der Waals surface area (Å²) >= 11 is 7.11. The molecule has 1 amide bonds. The highest BCUT2D eigenvalue weighted by molar-refractivity contribution is 6.35. The van der Waals surface area contributed by atoms with Crippen LogP contribution in [0.5, 0.6) is 5.75 Å². The SMILES string of the molecule is CCc1cc(Cl)c(-c2c(CO)nn(C)c2C)c2c1c(CCCOc1cccc3cc(F)ccc13)c(C(=O)O)n2CCCCN(C)C(=O)OC(C)(C)C. The van der Waals surface area contributed by atoms with Gasteiger partial charge in [-0.2, -0.15) is 5.10 Å². The number of halogens is 2. The lowest BCUT2D eigenvalue weighted by Crippen LogP contribution is -2.34. The molecule has 0 saturated heterocycles. The molecule has 2 aromatic heterocycles. The van der Waals surface area contributed by atoms with Crippen molar-refractivity contribution in [1.82, 2.24) is 19.2 Å². The third kappa shape index (κ3) is 8.05. The standard InChI is InChI=1S/C40H48ClFN4O6/c1-8-25-22-30(41)35(33-24(2)45(7)43-31(33)23-47)37-34(25)29(14-12-20-51-32-15-11-13-26-21-27(42)16-17-28(26)32)36(38(48)49)46(37)19-10-9-18-44(6)39(50)52-40(3,4)5/h11,13,15-17,21-22,47H,8-10,12,14,18-20,23H2,1-7H3,(H,48,49). The first-order valence-corrected chi connectivity index (χ1v) is 18.0. The van der Waals surface area contributed by atoms with Crippen LogP contribution in [0.3, 0.4) is 0 Å². The Morgan fingerprint density at radius 3 is 2.50 bits per heavy atom. The summed E-state index contributed by atoms with van der Waals surface area (Å²) < 4.78 is 29.1. The third-order valence-electron chi connectivity index (χ3n) is 9.31. The fraction of sp³-hybridized carbons (Fsp3) is 0.425. The van der Waals surface area contributed by atoms with E-state index in [0.717, 1.165) is 27.4 Å². The Labute approximate surface area is 308 Å². The third-order valence-corrected chi connectivity index (χ3v) is 9.61. The number of aliphatic hydroxyl groups excluding tert-OH is 1. The number of hydrogen-bond acceptors (Lipinski definition) is 6. The number of carbonyl (C=O) groups excluding carboxylic acids is 1. The number of benzene rings is 3. The summed E-state index contributed by atoms with van der Waals surface area (Å²) in [5, 5.41) is 28.5. The van der Waals surface area contributed by atoms with Crippen molar-refractivity contribution in [2.24, 2.45) is 7.05 Å². The molecule has 0 unspecified atom stereocenters. The predicted molar refractivity (Wildman–Crippen MR) is 202 cm³/mol. The lowest BCUT2D eigenvalue weighted by molar-refractivity contribution is 0.0296. The van der Waals surface area contributed by atoms with Gasteiger partial charge in [0.15, 0.2) is 0 Å². The van der Waals surface area contributed by atoms with Crippen molar-refractivity contribution in [3.8, 4) is 16.9 Å². The first-order chi connectivity index (χ1) is 24.7. The van der Waals surface area contributed by atoms with E-state index in [1.807, 2.05) is 63.5 Å². The summed E-state index contributed by atoms with van der Waals surface area (Å²) in [6.45, 7) is 10.1. The zero-order chi connectivity index (χ0) is 37.9. The second-order valence-electron chi connectivity index (χ2n) is 14.1. The fourth-order valence-electron chi connectivity index (χ4n) is 6.86. The molecule has 2 heterocycles. The second-order valence-corrected chi connectivity index (χ2v) is 14.5. The molecule has 0 fully saturated rings. The van der Waals surface area contributed by atoms with Gasteiger partial charge in [0.05, 0.1) is 29.4 Å². The van der Waals surface area contributed by atoms with Crippen molar-refractivity contribution in [1.29, 1.82) is 0 Å². The molecule has 0 spiro atoms. The number of rotatable bonds is 14. The molecule has 0 atom stereocenters. The van der Waals surface area contributed by atoms with Crippen LogP contribution in [0, 0.1) is 12.7 Å². The zero-order valence-corrected chi connectivity index (χ0v) is 31.7. The number of unbranched alkanes of at least 4 members (excludes halogenated alkanes) is 1. The number of aromatic nitrogens is 3. The minimum Gasteiger partial charge on any atom is -0.493 e. The summed E-state index contributed by atoms with van der Waals surface area (Å²) in [6, 6.07) is 11.9. The van der Waals surface area contributed by atoms with Crippen LogP contribution in [0.25, 0.3) is 32.8 Å². The molecule has 12 heteroatoms. The highest BCUT2D eigenvalue weighted by atomic mass is 35.5. The van der Waals surface area contributed by atoms with Crippen molar-refractivity contribution >= 4 is 45.3 Å². The summed E-state index contributed by atoms with van der Waals surface area (Å²) in [5.41, 5.74) is 4.35. The van der Waals surface area contributed by atoms with Gasteiger partial charge in [0.25, 0.3) is 0 Å². The van der Waals surface area contributed by atoms with Gasteiger partial charge in [-0.1, -0.05) is 30.7 Å². The highest BCUT2D eigenvalue weighted by Gasteiger charge is 2.30. The molecule has 0 bridgehead atoms. The largest absolute Gasteiger partial charge is 0.493 e. The molecular formula is C40H48ClFN4O6. The normalized spacial score (nSPS) is 11.8. The first kappa shape index (κ1) is 38.6. The van der Waals surface area contributed by atoms with E-state index in [1.165, 1.54) is 17.0 Å². The molecular weight excluding hydrogens is 687 g/mol. The maximum absolute atomic E-state index is 13.9. The summed E-state index contributed by atoms with van der Waals surface area (Å²) in [4.78, 5) is 27.4. The Kier molecular flexibility index (Phi) is 11.9. The van der Waals surface area contributed by atoms with Gasteiger partial charge in [-0.05, 0) is 107 Å². The van der Waals surface area contributed by atoms with Crippen LogP contribution < -0.4 is 4.74 Å². The predicted octanol–water partition coefficient (Wildman–Crippen LogP) is 8.71. The summed E-state index contributed by atoms with van der Waals surface area (Å²) in [6.07, 6.45) is 2.25. The van der Waals surface area contributed by atoms with Gasteiger partial charge >= 0.3 is 12.1 Å². The number of aromatic carboxylic acids is 1. The number of amides is 1. The number of nitrogens with zero attached hydrogens (tertiary/aromatic N) is 4. The average molecular weight is 735 g/mol. The van der Waals surface area contributed by atoms with E-state index in [9.17, 15) is 24.2 Å². The van der Waals surface area contributed by atoms with Gasteiger partial charge in [-0.25, -0.2) is 14.0 Å². The van der Waals surface area contributed by atoms with E-state index in [4.69, 9.17) is 21.1 Å². The Bertz CT molecular complexity index is 2120. The van der Waals surface area contributed by atoms with Gasteiger partial charge in [0.1, 0.15) is 22.9 Å². The molecule has 3 aromatic carbocycles. The van der Waals surface area contributed by atoms with E-state index in [1.54, 1.807) is 24.8 Å². The van der Waals surface area contributed by atoms with Crippen LogP contribution in [0.1, 0.15) is 80.0 Å². The van der Waals surface area contributed by atoms with Crippen molar-refractivity contribution in [2.75, 3.05) is 20.2 Å². The number of carbonyl (C=O) groups is 2. The van der Waals surface area contributed by atoms with Gasteiger partial charge < -0.3 is 29.2 Å². The highest BCUT2D eigenvalue weighted by Crippen LogP contribution is 2.44.